The monoisotopic (exact) mass is 263 g/mol. The Morgan fingerprint density at radius 3 is 2.74 bits per heavy atom. The summed E-state index contributed by atoms with van der Waals surface area (Å²) in [4.78, 5) is 4.74. The lowest BCUT2D eigenvalue weighted by Crippen LogP contribution is -2.39. The van der Waals surface area contributed by atoms with E-state index < -0.39 is 0 Å². The molecule has 1 aromatic rings. The van der Waals surface area contributed by atoms with E-state index in [1.165, 1.54) is 11.3 Å². The molecule has 0 aromatic heterocycles. The summed E-state index contributed by atoms with van der Waals surface area (Å²) >= 11 is 0. The van der Waals surface area contributed by atoms with Crippen LogP contribution in [0.15, 0.2) is 12.1 Å². The van der Waals surface area contributed by atoms with Crippen molar-refractivity contribution in [2.24, 2.45) is 0 Å². The summed E-state index contributed by atoms with van der Waals surface area (Å²) in [6, 6.07) is 4.66. The van der Waals surface area contributed by atoms with Crippen molar-refractivity contribution in [3.05, 3.63) is 17.7 Å². The van der Waals surface area contributed by atoms with Gasteiger partial charge in [0.05, 0.1) is 12.8 Å². The van der Waals surface area contributed by atoms with Gasteiger partial charge in [-0.2, -0.15) is 0 Å². The van der Waals surface area contributed by atoms with Gasteiger partial charge in [0.2, 0.25) is 0 Å². The van der Waals surface area contributed by atoms with Gasteiger partial charge in [-0.3, -0.25) is 0 Å². The van der Waals surface area contributed by atoms with Gasteiger partial charge in [-0.25, -0.2) is 0 Å². The Kier molecular flexibility index (Phi) is 4.20. The number of anilines is 2. The molecule has 0 saturated carbocycles. The van der Waals surface area contributed by atoms with Crippen molar-refractivity contribution in [2.75, 3.05) is 44.9 Å². The minimum absolute atomic E-state index is 0.568. The summed E-state index contributed by atoms with van der Waals surface area (Å²) in [6.07, 6.45) is 2.15. The van der Waals surface area contributed by atoms with E-state index in [1.54, 1.807) is 7.11 Å². The molecule has 0 radical (unpaired) electrons. The van der Waals surface area contributed by atoms with Crippen LogP contribution in [-0.2, 0) is 6.42 Å². The lowest BCUT2D eigenvalue weighted by molar-refractivity contribution is 0.284. The van der Waals surface area contributed by atoms with Crippen LogP contribution in [0, 0.1) is 0 Å². The molecule has 0 saturated heterocycles. The molecule has 0 bridgehead atoms. The fourth-order valence-corrected chi connectivity index (χ4v) is 2.89. The topological polar surface area (TPSA) is 41.7 Å². The third-order valence-electron chi connectivity index (χ3n) is 4.08. The molecule has 19 heavy (non-hydrogen) atoms. The Labute approximate surface area is 116 Å². The minimum atomic E-state index is 0.568. The Hall–Kier alpha value is -1.42. The van der Waals surface area contributed by atoms with Gasteiger partial charge in [0.25, 0.3) is 0 Å². The highest BCUT2D eigenvalue weighted by molar-refractivity contribution is 5.69. The standard InChI is InChI=1S/C15H25N3O/c1-5-18-10-11(17(2)3)6-7-12-14(18)9-8-13(16)15(12)19-4/h8-9,11H,5-7,10,16H2,1-4H3. The number of nitrogens with zero attached hydrogens (tertiary/aromatic N) is 2. The molecule has 0 spiro atoms. The van der Waals surface area contributed by atoms with E-state index in [4.69, 9.17) is 10.5 Å². The van der Waals surface area contributed by atoms with Gasteiger partial charge in [-0.1, -0.05) is 0 Å². The van der Waals surface area contributed by atoms with Gasteiger partial charge in [-0.15, -0.1) is 0 Å². The molecule has 1 atom stereocenters. The molecule has 4 nitrogen and oxygen atoms in total. The zero-order valence-electron chi connectivity index (χ0n) is 12.4. The average Bonchev–Trinajstić information content (AvgIpc) is 2.58. The minimum Gasteiger partial charge on any atom is -0.494 e. The number of hydrogen-bond donors (Lipinski definition) is 1. The van der Waals surface area contributed by atoms with Crippen LogP contribution in [0.5, 0.6) is 5.75 Å². The summed E-state index contributed by atoms with van der Waals surface area (Å²) in [5.74, 6) is 0.857. The largest absolute Gasteiger partial charge is 0.494 e. The first-order valence-corrected chi connectivity index (χ1v) is 6.95. The van der Waals surface area contributed by atoms with Crippen LogP contribution in [0.25, 0.3) is 0 Å². The molecule has 1 unspecified atom stereocenters. The first-order valence-electron chi connectivity index (χ1n) is 6.95. The molecule has 2 rings (SSSR count). The summed E-state index contributed by atoms with van der Waals surface area (Å²) < 4.78 is 5.52. The third kappa shape index (κ3) is 2.63. The van der Waals surface area contributed by atoms with E-state index >= 15 is 0 Å². The zero-order valence-corrected chi connectivity index (χ0v) is 12.4. The predicted molar refractivity (Wildman–Crippen MR) is 81.1 cm³/mol. The van der Waals surface area contributed by atoms with Crippen LogP contribution in [-0.4, -0.2) is 45.2 Å². The van der Waals surface area contributed by atoms with Gasteiger partial charge in [0.15, 0.2) is 0 Å². The number of rotatable bonds is 3. The molecule has 4 heteroatoms. The maximum absolute atomic E-state index is 6.03. The van der Waals surface area contributed by atoms with Crippen molar-refractivity contribution >= 4 is 11.4 Å². The second kappa shape index (κ2) is 5.70. The van der Waals surface area contributed by atoms with Gasteiger partial charge in [0.1, 0.15) is 5.75 Å². The van der Waals surface area contributed by atoms with E-state index in [9.17, 15) is 0 Å². The Morgan fingerprint density at radius 2 is 2.16 bits per heavy atom. The smallest absolute Gasteiger partial charge is 0.146 e. The third-order valence-corrected chi connectivity index (χ3v) is 4.08. The van der Waals surface area contributed by atoms with Crippen LogP contribution in [0.4, 0.5) is 11.4 Å². The van der Waals surface area contributed by atoms with Gasteiger partial charge in [-0.05, 0) is 46.0 Å². The average molecular weight is 263 g/mol. The van der Waals surface area contributed by atoms with Crippen LogP contribution in [0.2, 0.25) is 0 Å². The van der Waals surface area contributed by atoms with Crippen LogP contribution >= 0.6 is 0 Å². The number of nitrogens with two attached hydrogens (primary N) is 1. The summed E-state index contributed by atoms with van der Waals surface area (Å²) in [7, 11) is 6.01. The molecule has 0 fully saturated rings. The molecular formula is C15H25N3O. The van der Waals surface area contributed by atoms with Crippen molar-refractivity contribution in [3.8, 4) is 5.75 Å². The second-order valence-corrected chi connectivity index (χ2v) is 5.38. The fourth-order valence-electron chi connectivity index (χ4n) is 2.89. The van der Waals surface area contributed by atoms with E-state index in [0.717, 1.165) is 37.4 Å². The summed E-state index contributed by atoms with van der Waals surface area (Å²) in [6.45, 7) is 4.26. The summed E-state index contributed by atoms with van der Waals surface area (Å²) in [5, 5.41) is 0. The molecule has 1 aliphatic rings. The lowest BCUT2D eigenvalue weighted by atomic mass is 10.0. The molecule has 2 N–H and O–H groups in total. The number of fused-ring (bicyclic) bond motifs is 1. The van der Waals surface area contributed by atoms with E-state index in [1.807, 2.05) is 6.07 Å². The zero-order chi connectivity index (χ0) is 14.0. The fraction of sp³-hybridized carbons (Fsp3) is 0.600. The van der Waals surface area contributed by atoms with Crippen LogP contribution in [0.1, 0.15) is 18.9 Å². The van der Waals surface area contributed by atoms with Crippen molar-refractivity contribution in [1.82, 2.24) is 4.90 Å². The number of ether oxygens (including phenoxy) is 1. The first-order chi connectivity index (χ1) is 9.08. The van der Waals surface area contributed by atoms with Gasteiger partial charge >= 0.3 is 0 Å². The van der Waals surface area contributed by atoms with Crippen molar-refractivity contribution in [3.63, 3.8) is 0 Å². The van der Waals surface area contributed by atoms with Crippen LogP contribution < -0.4 is 15.4 Å². The molecule has 106 valence electrons. The SMILES string of the molecule is CCN1CC(N(C)C)CCc2c1ccc(N)c2OC. The van der Waals surface area contributed by atoms with E-state index in [2.05, 4.69) is 36.9 Å². The molecule has 1 aromatic carbocycles. The molecule has 1 aliphatic heterocycles. The molecule has 0 amide bonds. The summed E-state index contributed by atoms with van der Waals surface area (Å²) in [5.41, 5.74) is 9.30. The van der Waals surface area contributed by atoms with Gasteiger partial charge in [0, 0.05) is 30.4 Å². The van der Waals surface area contributed by atoms with Crippen LogP contribution in [0.3, 0.4) is 0 Å². The first kappa shape index (κ1) is 14.0. The number of methoxy groups -OCH3 is 1. The normalized spacial score (nSPS) is 19.2. The molecule has 1 heterocycles. The lowest BCUT2D eigenvalue weighted by Gasteiger charge is -2.30. The number of benzene rings is 1. The molecule has 0 aliphatic carbocycles. The Balaban J connectivity index is 2.43. The number of nitrogen functional groups attached to an aromatic ring is 1. The quantitative estimate of drug-likeness (QED) is 0.847. The number of likely N-dealkylation sites (N-methyl/N-ethyl adjacent to an activating group) is 2. The second-order valence-electron chi connectivity index (χ2n) is 5.38. The Bertz CT molecular complexity index is 445. The Morgan fingerprint density at radius 1 is 1.42 bits per heavy atom. The van der Waals surface area contributed by atoms with Crippen molar-refractivity contribution in [2.45, 2.75) is 25.8 Å². The highest BCUT2D eigenvalue weighted by Crippen LogP contribution is 2.37. The maximum atomic E-state index is 6.03. The number of hydrogen-bond acceptors (Lipinski definition) is 4. The van der Waals surface area contributed by atoms with Crippen molar-refractivity contribution in [1.29, 1.82) is 0 Å². The van der Waals surface area contributed by atoms with E-state index in [-0.39, 0.29) is 0 Å². The maximum Gasteiger partial charge on any atom is 0.146 e. The van der Waals surface area contributed by atoms with Gasteiger partial charge < -0.3 is 20.3 Å². The predicted octanol–water partition coefficient (Wildman–Crippen LogP) is 1.98. The molecular weight excluding hydrogens is 238 g/mol. The highest BCUT2D eigenvalue weighted by Gasteiger charge is 2.25. The van der Waals surface area contributed by atoms with Crippen molar-refractivity contribution < 1.29 is 4.74 Å². The highest BCUT2D eigenvalue weighted by atomic mass is 16.5. The van der Waals surface area contributed by atoms with E-state index in [0.29, 0.717) is 6.04 Å².